The van der Waals surface area contributed by atoms with Gasteiger partial charge in [0.15, 0.2) is 0 Å². The molecule has 1 aliphatic rings. The third kappa shape index (κ3) is 2.65. The van der Waals surface area contributed by atoms with Gasteiger partial charge in [-0.2, -0.15) is 0 Å². The summed E-state index contributed by atoms with van der Waals surface area (Å²) >= 11 is 0. The zero-order chi connectivity index (χ0) is 11.4. The first-order valence-electron chi connectivity index (χ1n) is 5.47. The van der Waals surface area contributed by atoms with E-state index in [1.165, 1.54) is 0 Å². The molecule has 6 heteroatoms. The minimum absolute atomic E-state index is 0.710. The fraction of sp³-hybridized carbons (Fsp3) is 0.500. The Labute approximate surface area is 96.5 Å². The van der Waals surface area contributed by atoms with E-state index in [-0.39, 0.29) is 0 Å². The topological polar surface area (TPSA) is 54.6 Å². The van der Waals surface area contributed by atoms with Gasteiger partial charge in [0.25, 0.3) is 0 Å². The highest BCUT2D eigenvalue weighted by atomic mass is 16.4. The number of aromatic nitrogens is 1. The molecule has 16 heavy (non-hydrogen) atoms. The summed E-state index contributed by atoms with van der Waals surface area (Å²) in [4.78, 5) is 8.88. The van der Waals surface area contributed by atoms with E-state index in [1.54, 1.807) is 13.3 Å². The summed E-state index contributed by atoms with van der Waals surface area (Å²) in [5.74, 6) is 1.01. The Hall–Kier alpha value is -1.27. The lowest BCUT2D eigenvalue weighted by atomic mass is 10.1. The zero-order valence-electron chi connectivity index (χ0n) is 9.59. The fourth-order valence-electron chi connectivity index (χ4n) is 1.87. The molecular formula is C10H17BN4O. The van der Waals surface area contributed by atoms with Crippen molar-refractivity contribution in [2.45, 2.75) is 0 Å². The van der Waals surface area contributed by atoms with Crippen LogP contribution in [0, 0.1) is 0 Å². The number of hydrogen-bond acceptors (Lipinski definition) is 5. The fourth-order valence-corrected chi connectivity index (χ4v) is 1.87. The highest BCUT2D eigenvalue weighted by Gasteiger charge is 2.18. The second kappa shape index (κ2) is 5.18. The van der Waals surface area contributed by atoms with Crippen molar-refractivity contribution in [1.29, 1.82) is 0 Å². The Bertz CT molecular complexity index is 324. The van der Waals surface area contributed by atoms with Crippen LogP contribution in [0.1, 0.15) is 0 Å². The summed E-state index contributed by atoms with van der Waals surface area (Å²) < 4.78 is 5.11. The Kier molecular flexibility index (Phi) is 3.64. The third-order valence-corrected chi connectivity index (χ3v) is 2.78. The average molecular weight is 220 g/mol. The van der Waals surface area contributed by atoms with Gasteiger partial charge in [-0.1, -0.05) is 0 Å². The summed E-state index contributed by atoms with van der Waals surface area (Å²) in [7, 11) is 2.44. The number of hydrogen-bond donors (Lipinski definition) is 1. The second-order valence-electron chi connectivity index (χ2n) is 3.97. The quantitative estimate of drug-likeness (QED) is 0.708. The van der Waals surface area contributed by atoms with Crippen LogP contribution in [0.15, 0.2) is 18.3 Å². The molecule has 1 fully saturated rings. The van der Waals surface area contributed by atoms with Gasteiger partial charge in [-0.15, -0.1) is 0 Å². The van der Waals surface area contributed by atoms with E-state index < -0.39 is 0 Å². The Morgan fingerprint density at radius 2 is 2.06 bits per heavy atom. The van der Waals surface area contributed by atoms with Crippen LogP contribution in [-0.4, -0.2) is 50.7 Å². The maximum Gasteiger partial charge on any atom is 0.363 e. The molecule has 1 aromatic rings. The van der Waals surface area contributed by atoms with Crippen molar-refractivity contribution in [3.63, 3.8) is 0 Å². The Balaban J connectivity index is 1.91. The smallest absolute Gasteiger partial charge is 0.363 e. The molecule has 1 aromatic heterocycles. The molecule has 2 N–H and O–H groups in total. The SMILES string of the molecule is COBN1CCN(c2ccc(N)cn2)CC1. The molecule has 0 atom stereocenters. The molecule has 0 bridgehead atoms. The van der Waals surface area contributed by atoms with E-state index in [9.17, 15) is 0 Å². The first-order valence-corrected chi connectivity index (χ1v) is 5.47. The van der Waals surface area contributed by atoms with Crippen molar-refractivity contribution >= 4 is 19.1 Å². The molecule has 0 spiro atoms. The van der Waals surface area contributed by atoms with E-state index >= 15 is 0 Å². The lowest BCUT2D eigenvalue weighted by Gasteiger charge is -2.34. The van der Waals surface area contributed by atoms with Crippen LogP contribution in [-0.2, 0) is 4.65 Å². The maximum atomic E-state index is 5.61. The number of nitrogens with two attached hydrogens (primary N) is 1. The molecule has 0 radical (unpaired) electrons. The molecule has 2 rings (SSSR count). The summed E-state index contributed by atoms with van der Waals surface area (Å²) in [5.41, 5.74) is 6.32. The van der Waals surface area contributed by atoms with Gasteiger partial charge in [-0.3, -0.25) is 0 Å². The van der Waals surface area contributed by atoms with E-state index in [1.807, 2.05) is 12.1 Å². The summed E-state index contributed by atoms with van der Waals surface area (Å²) in [6.07, 6.45) is 1.71. The van der Waals surface area contributed by atoms with E-state index in [4.69, 9.17) is 10.4 Å². The Morgan fingerprint density at radius 3 is 2.62 bits per heavy atom. The van der Waals surface area contributed by atoms with Gasteiger partial charge in [0.2, 0.25) is 0 Å². The monoisotopic (exact) mass is 220 g/mol. The van der Waals surface area contributed by atoms with Crippen LogP contribution in [0.2, 0.25) is 0 Å². The van der Waals surface area contributed by atoms with E-state index in [0.717, 1.165) is 32.0 Å². The van der Waals surface area contributed by atoms with Crippen LogP contribution in [0.3, 0.4) is 0 Å². The minimum Gasteiger partial charge on any atom is -0.427 e. The summed E-state index contributed by atoms with van der Waals surface area (Å²) in [5, 5.41) is 0. The van der Waals surface area contributed by atoms with Gasteiger partial charge in [-0.05, 0) is 12.1 Å². The van der Waals surface area contributed by atoms with Crippen LogP contribution in [0.5, 0.6) is 0 Å². The molecule has 1 aliphatic heterocycles. The molecular weight excluding hydrogens is 203 g/mol. The predicted octanol–water partition coefficient (Wildman–Crippen LogP) is -0.301. The predicted molar refractivity (Wildman–Crippen MR) is 66.6 cm³/mol. The number of piperazine rings is 1. The van der Waals surface area contributed by atoms with Crippen LogP contribution in [0.25, 0.3) is 0 Å². The molecule has 0 amide bonds. The highest BCUT2D eigenvalue weighted by molar-refractivity contribution is 6.23. The lowest BCUT2D eigenvalue weighted by molar-refractivity contribution is 0.323. The standard InChI is InChI=1S/C10H17BN4O/c1-16-11-15-6-4-14(5-7-15)10-3-2-9(12)8-13-10/h2-3,8,11H,4-7,12H2,1H3. The molecule has 86 valence electrons. The van der Waals surface area contributed by atoms with Crippen molar-refractivity contribution in [3.8, 4) is 0 Å². The van der Waals surface area contributed by atoms with Gasteiger partial charge in [0.05, 0.1) is 11.9 Å². The van der Waals surface area contributed by atoms with E-state index in [2.05, 4.69) is 14.7 Å². The van der Waals surface area contributed by atoms with Gasteiger partial charge in [0.1, 0.15) is 5.82 Å². The molecule has 2 heterocycles. The third-order valence-electron chi connectivity index (χ3n) is 2.78. The van der Waals surface area contributed by atoms with Crippen molar-refractivity contribution in [2.24, 2.45) is 0 Å². The largest absolute Gasteiger partial charge is 0.427 e. The minimum atomic E-state index is 0.710. The normalized spacial score (nSPS) is 17.4. The van der Waals surface area contributed by atoms with Gasteiger partial charge in [0, 0.05) is 33.3 Å². The second-order valence-corrected chi connectivity index (χ2v) is 3.97. The van der Waals surface area contributed by atoms with Crippen LogP contribution >= 0.6 is 0 Å². The van der Waals surface area contributed by atoms with Crippen molar-refractivity contribution in [1.82, 2.24) is 9.79 Å². The average Bonchev–Trinajstić information content (AvgIpc) is 2.32. The first kappa shape index (κ1) is 11.2. The molecule has 0 aromatic carbocycles. The number of pyridine rings is 1. The molecule has 0 saturated carbocycles. The number of rotatable bonds is 3. The lowest BCUT2D eigenvalue weighted by Crippen LogP contribution is -2.48. The van der Waals surface area contributed by atoms with Gasteiger partial charge >= 0.3 is 7.62 Å². The maximum absolute atomic E-state index is 5.61. The molecule has 0 aliphatic carbocycles. The number of nitrogens with zero attached hydrogens (tertiary/aromatic N) is 3. The van der Waals surface area contributed by atoms with Crippen molar-refractivity contribution in [2.75, 3.05) is 43.9 Å². The van der Waals surface area contributed by atoms with Gasteiger partial charge < -0.3 is 20.1 Å². The van der Waals surface area contributed by atoms with Gasteiger partial charge in [-0.25, -0.2) is 4.98 Å². The molecule has 0 unspecified atom stereocenters. The zero-order valence-corrected chi connectivity index (χ0v) is 9.59. The first-order chi connectivity index (χ1) is 7.79. The summed E-state index contributed by atoms with van der Waals surface area (Å²) in [6.45, 7) is 4.00. The van der Waals surface area contributed by atoms with E-state index in [0.29, 0.717) is 13.3 Å². The Morgan fingerprint density at radius 1 is 1.31 bits per heavy atom. The van der Waals surface area contributed by atoms with Crippen LogP contribution < -0.4 is 10.6 Å². The highest BCUT2D eigenvalue weighted by Crippen LogP contribution is 2.14. The summed E-state index contributed by atoms with van der Waals surface area (Å²) in [6, 6.07) is 3.87. The molecule has 1 saturated heterocycles. The van der Waals surface area contributed by atoms with Crippen molar-refractivity contribution < 1.29 is 4.65 Å². The number of anilines is 2. The molecule has 5 nitrogen and oxygen atoms in total. The van der Waals surface area contributed by atoms with Crippen molar-refractivity contribution in [3.05, 3.63) is 18.3 Å². The van der Waals surface area contributed by atoms with Crippen LogP contribution in [0.4, 0.5) is 11.5 Å². The number of nitrogen functional groups attached to an aromatic ring is 1.